The molecule has 1 aromatic carbocycles. The zero-order valence-electron chi connectivity index (χ0n) is 12.5. The van der Waals surface area contributed by atoms with E-state index in [1.807, 2.05) is 19.1 Å². The fourth-order valence-corrected chi connectivity index (χ4v) is 2.87. The first-order valence-electron chi connectivity index (χ1n) is 7.87. The van der Waals surface area contributed by atoms with Gasteiger partial charge in [0, 0.05) is 13.1 Å². The minimum Gasteiger partial charge on any atom is -0.494 e. The van der Waals surface area contributed by atoms with E-state index in [1.54, 1.807) is 0 Å². The molecule has 0 bridgehead atoms. The van der Waals surface area contributed by atoms with Crippen LogP contribution in [0.3, 0.4) is 0 Å². The van der Waals surface area contributed by atoms with Crippen molar-refractivity contribution in [1.82, 2.24) is 5.32 Å². The Morgan fingerprint density at radius 2 is 1.75 bits per heavy atom. The molecule has 0 heterocycles. The monoisotopic (exact) mass is 277 g/mol. The maximum absolute atomic E-state index is 10.6. The Balaban J connectivity index is 1.76. The molecule has 1 aromatic rings. The Hall–Kier alpha value is -1.06. The molecule has 0 aromatic heterocycles. The Labute approximate surface area is 122 Å². The van der Waals surface area contributed by atoms with Crippen LogP contribution < -0.4 is 10.1 Å². The quantitative estimate of drug-likeness (QED) is 0.784. The molecule has 0 radical (unpaired) electrons. The van der Waals surface area contributed by atoms with Crippen molar-refractivity contribution in [3.8, 4) is 5.75 Å². The zero-order valence-corrected chi connectivity index (χ0v) is 12.5. The molecule has 0 aliphatic heterocycles. The zero-order chi connectivity index (χ0) is 14.3. The molecule has 3 heteroatoms. The van der Waals surface area contributed by atoms with Gasteiger partial charge in [0.1, 0.15) is 5.75 Å². The number of nitrogens with one attached hydrogen (secondary N) is 1. The molecule has 0 amide bonds. The van der Waals surface area contributed by atoms with Crippen molar-refractivity contribution in [2.75, 3.05) is 13.2 Å². The molecular formula is C17H27NO2. The summed E-state index contributed by atoms with van der Waals surface area (Å²) in [6.07, 6.45) is 6.71. The fraction of sp³-hybridized carbons (Fsp3) is 0.647. The van der Waals surface area contributed by atoms with Crippen LogP contribution in [-0.4, -0.2) is 23.9 Å². The van der Waals surface area contributed by atoms with E-state index >= 15 is 0 Å². The summed E-state index contributed by atoms with van der Waals surface area (Å²) in [7, 11) is 0. The van der Waals surface area contributed by atoms with Crippen LogP contribution in [0, 0.1) is 0 Å². The molecule has 0 spiro atoms. The van der Waals surface area contributed by atoms with Crippen LogP contribution in [0.5, 0.6) is 5.75 Å². The first kappa shape index (κ1) is 15.3. The Kier molecular flexibility index (Phi) is 5.86. The molecule has 0 saturated heterocycles. The van der Waals surface area contributed by atoms with Crippen LogP contribution in [0.2, 0.25) is 0 Å². The molecule has 3 nitrogen and oxygen atoms in total. The van der Waals surface area contributed by atoms with Gasteiger partial charge in [0.05, 0.1) is 12.2 Å². The largest absolute Gasteiger partial charge is 0.494 e. The van der Waals surface area contributed by atoms with Gasteiger partial charge in [-0.15, -0.1) is 0 Å². The topological polar surface area (TPSA) is 41.5 Å². The molecular weight excluding hydrogens is 250 g/mol. The molecule has 112 valence electrons. The number of hydrogen-bond acceptors (Lipinski definition) is 3. The van der Waals surface area contributed by atoms with Crippen molar-refractivity contribution in [2.45, 2.75) is 57.6 Å². The summed E-state index contributed by atoms with van der Waals surface area (Å²) in [5.41, 5.74) is 0.729. The lowest BCUT2D eigenvalue weighted by Gasteiger charge is -2.27. The van der Waals surface area contributed by atoms with E-state index in [0.717, 1.165) is 38.0 Å². The third-order valence-corrected chi connectivity index (χ3v) is 4.05. The Morgan fingerprint density at radius 3 is 2.35 bits per heavy atom. The Bertz CT molecular complexity index is 380. The van der Waals surface area contributed by atoms with Gasteiger partial charge in [0.2, 0.25) is 0 Å². The highest BCUT2D eigenvalue weighted by Crippen LogP contribution is 2.26. The second-order valence-electron chi connectivity index (χ2n) is 5.82. The molecule has 1 fully saturated rings. The van der Waals surface area contributed by atoms with Crippen LogP contribution >= 0.6 is 0 Å². The SMILES string of the molecule is CCOc1ccc(CNCC2(O)CCCCCC2)cc1. The van der Waals surface area contributed by atoms with Crippen LogP contribution in [-0.2, 0) is 6.54 Å². The van der Waals surface area contributed by atoms with Crippen molar-refractivity contribution < 1.29 is 9.84 Å². The summed E-state index contributed by atoms with van der Waals surface area (Å²) >= 11 is 0. The van der Waals surface area contributed by atoms with Crippen LogP contribution in [0.1, 0.15) is 51.0 Å². The van der Waals surface area contributed by atoms with Crippen molar-refractivity contribution in [2.24, 2.45) is 0 Å². The fourth-order valence-electron chi connectivity index (χ4n) is 2.87. The first-order chi connectivity index (χ1) is 9.72. The van der Waals surface area contributed by atoms with Crippen LogP contribution in [0.25, 0.3) is 0 Å². The van der Waals surface area contributed by atoms with Crippen LogP contribution in [0.15, 0.2) is 24.3 Å². The highest BCUT2D eigenvalue weighted by atomic mass is 16.5. The maximum atomic E-state index is 10.6. The van der Waals surface area contributed by atoms with E-state index in [0.29, 0.717) is 13.2 Å². The average Bonchev–Trinajstić information content (AvgIpc) is 2.66. The Morgan fingerprint density at radius 1 is 1.10 bits per heavy atom. The molecule has 1 aliphatic rings. The van der Waals surface area contributed by atoms with Gasteiger partial charge < -0.3 is 15.2 Å². The first-order valence-corrected chi connectivity index (χ1v) is 7.87. The lowest BCUT2D eigenvalue weighted by atomic mass is 9.94. The highest BCUT2D eigenvalue weighted by molar-refractivity contribution is 5.27. The summed E-state index contributed by atoms with van der Waals surface area (Å²) in [4.78, 5) is 0. The number of hydrogen-bond donors (Lipinski definition) is 2. The van der Waals surface area contributed by atoms with E-state index in [4.69, 9.17) is 4.74 Å². The van der Waals surface area contributed by atoms with Gasteiger partial charge in [-0.25, -0.2) is 0 Å². The molecule has 0 unspecified atom stereocenters. The van der Waals surface area contributed by atoms with E-state index < -0.39 is 5.60 Å². The van der Waals surface area contributed by atoms with Gasteiger partial charge in [-0.1, -0.05) is 37.8 Å². The van der Waals surface area contributed by atoms with Crippen molar-refractivity contribution in [3.63, 3.8) is 0 Å². The predicted molar refractivity (Wildman–Crippen MR) is 82.0 cm³/mol. The van der Waals surface area contributed by atoms with E-state index in [-0.39, 0.29) is 0 Å². The third kappa shape index (κ3) is 4.80. The summed E-state index contributed by atoms with van der Waals surface area (Å²) in [5.74, 6) is 0.915. The summed E-state index contributed by atoms with van der Waals surface area (Å²) < 4.78 is 5.43. The van der Waals surface area contributed by atoms with Crippen molar-refractivity contribution in [3.05, 3.63) is 29.8 Å². The normalized spacial score (nSPS) is 18.5. The van der Waals surface area contributed by atoms with E-state index in [2.05, 4.69) is 17.4 Å². The summed E-state index contributed by atoms with van der Waals surface area (Å²) in [6.45, 7) is 4.18. The van der Waals surface area contributed by atoms with Gasteiger partial charge in [-0.05, 0) is 37.5 Å². The lowest BCUT2D eigenvalue weighted by molar-refractivity contribution is 0.0250. The minimum absolute atomic E-state index is 0.498. The predicted octanol–water partition coefficient (Wildman–Crippen LogP) is 3.26. The minimum atomic E-state index is -0.498. The number of rotatable bonds is 6. The van der Waals surface area contributed by atoms with Crippen LogP contribution in [0.4, 0.5) is 0 Å². The smallest absolute Gasteiger partial charge is 0.119 e. The molecule has 2 rings (SSSR count). The van der Waals surface area contributed by atoms with Crippen molar-refractivity contribution >= 4 is 0 Å². The van der Waals surface area contributed by atoms with Gasteiger partial charge in [-0.2, -0.15) is 0 Å². The number of benzene rings is 1. The highest BCUT2D eigenvalue weighted by Gasteiger charge is 2.27. The number of aliphatic hydroxyl groups is 1. The standard InChI is InChI=1S/C17H27NO2/c1-2-20-16-9-7-15(8-10-16)13-18-14-17(19)11-5-3-4-6-12-17/h7-10,18-19H,2-6,11-14H2,1H3. The maximum Gasteiger partial charge on any atom is 0.119 e. The van der Waals surface area contributed by atoms with Gasteiger partial charge in [0.15, 0.2) is 0 Å². The molecule has 2 N–H and O–H groups in total. The summed E-state index contributed by atoms with van der Waals surface area (Å²) in [6, 6.07) is 8.16. The third-order valence-electron chi connectivity index (χ3n) is 4.05. The van der Waals surface area contributed by atoms with Gasteiger partial charge in [-0.3, -0.25) is 0 Å². The second kappa shape index (κ2) is 7.65. The molecule has 0 atom stereocenters. The molecule has 1 saturated carbocycles. The van der Waals surface area contributed by atoms with Gasteiger partial charge >= 0.3 is 0 Å². The molecule has 20 heavy (non-hydrogen) atoms. The van der Waals surface area contributed by atoms with Crippen molar-refractivity contribution in [1.29, 1.82) is 0 Å². The average molecular weight is 277 g/mol. The molecule has 1 aliphatic carbocycles. The lowest BCUT2D eigenvalue weighted by Crippen LogP contribution is -2.39. The summed E-state index contributed by atoms with van der Waals surface area (Å²) in [5, 5.41) is 14.0. The second-order valence-corrected chi connectivity index (χ2v) is 5.82. The number of ether oxygens (including phenoxy) is 1. The van der Waals surface area contributed by atoms with E-state index in [1.165, 1.54) is 18.4 Å². The van der Waals surface area contributed by atoms with E-state index in [9.17, 15) is 5.11 Å². The van der Waals surface area contributed by atoms with Gasteiger partial charge in [0.25, 0.3) is 0 Å².